The van der Waals surface area contributed by atoms with Crippen molar-refractivity contribution in [2.24, 2.45) is 11.7 Å². The standard InChI is InChI=1S/C18H39NO/c1-3-4-5-6-7-8-9-10-11-12-13-14-15-17(2)18(20)16-19/h17-18,20H,3-16,19H2,1-2H3. The maximum atomic E-state index is 9.58. The Hall–Kier alpha value is -0.0800. The zero-order valence-corrected chi connectivity index (χ0v) is 14.1. The molecule has 2 atom stereocenters. The van der Waals surface area contributed by atoms with Crippen molar-refractivity contribution in [3.63, 3.8) is 0 Å². The van der Waals surface area contributed by atoms with E-state index in [0.29, 0.717) is 12.5 Å². The lowest BCUT2D eigenvalue weighted by molar-refractivity contribution is 0.118. The Kier molecular flexibility index (Phi) is 15.3. The fraction of sp³-hybridized carbons (Fsp3) is 1.00. The molecule has 0 saturated carbocycles. The Labute approximate surface area is 127 Å². The molecule has 0 aromatic heterocycles. The van der Waals surface area contributed by atoms with Gasteiger partial charge < -0.3 is 10.8 Å². The first-order valence-electron chi connectivity index (χ1n) is 9.10. The van der Waals surface area contributed by atoms with Crippen LogP contribution in [0.2, 0.25) is 0 Å². The van der Waals surface area contributed by atoms with Crippen molar-refractivity contribution < 1.29 is 5.11 Å². The first kappa shape index (κ1) is 19.9. The highest BCUT2D eigenvalue weighted by Crippen LogP contribution is 2.15. The van der Waals surface area contributed by atoms with Crippen LogP contribution in [0.5, 0.6) is 0 Å². The van der Waals surface area contributed by atoms with Gasteiger partial charge in [-0.05, 0) is 12.3 Å². The zero-order valence-electron chi connectivity index (χ0n) is 14.1. The molecule has 2 heteroatoms. The van der Waals surface area contributed by atoms with Crippen molar-refractivity contribution in [2.75, 3.05) is 6.54 Å². The first-order chi connectivity index (χ1) is 9.72. The molecule has 0 aliphatic rings. The third-order valence-corrected chi connectivity index (χ3v) is 4.41. The van der Waals surface area contributed by atoms with Gasteiger partial charge >= 0.3 is 0 Å². The molecule has 0 aromatic rings. The van der Waals surface area contributed by atoms with Crippen molar-refractivity contribution in [3.8, 4) is 0 Å². The first-order valence-corrected chi connectivity index (χ1v) is 9.10. The summed E-state index contributed by atoms with van der Waals surface area (Å²) in [5, 5.41) is 9.58. The quantitative estimate of drug-likeness (QED) is 0.414. The van der Waals surface area contributed by atoms with E-state index in [1.54, 1.807) is 0 Å². The van der Waals surface area contributed by atoms with Crippen LogP contribution in [0, 0.1) is 5.92 Å². The molecule has 0 spiro atoms. The summed E-state index contributed by atoms with van der Waals surface area (Å²) < 4.78 is 0. The molecule has 122 valence electrons. The Bertz CT molecular complexity index is 184. The van der Waals surface area contributed by atoms with Crippen molar-refractivity contribution in [1.82, 2.24) is 0 Å². The molecule has 0 aliphatic heterocycles. The minimum absolute atomic E-state index is 0.303. The summed E-state index contributed by atoms with van der Waals surface area (Å²) in [5.41, 5.74) is 5.46. The molecular weight excluding hydrogens is 246 g/mol. The smallest absolute Gasteiger partial charge is 0.0687 e. The molecule has 0 radical (unpaired) electrons. The monoisotopic (exact) mass is 285 g/mol. The molecule has 0 aromatic carbocycles. The van der Waals surface area contributed by atoms with E-state index in [-0.39, 0.29) is 6.10 Å². The number of unbranched alkanes of at least 4 members (excludes halogenated alkanes) is 11. The molecule has 0 aliphatic carbocycles. The minimum Gasteiger partial charge on any atom is -0.392 e. The molecule has 0 rings (SSSR count). The van der Waals surface area contributed by atoms with Gasteiger partial charge in [0.25, 0.3) is 0 Å². The molecule has 3 N–H and O–H groups in total. The molecule has 0 fully saturated rings. The van der Waals surface area contributed by atoms with Crippen molar-refractivity contribution in [1.29, 1.82) is 0 Å². The molecule has 0 saturated heterocycles. The van der Waals surface area contributed by atoms with Crippen molar-refractivity contribution >= 4 is 0 Å². The van der Waals surface area contributed by atoms with E-state index < -0.39 is 0 Å². The Morgan fingerprint density at radius 3 is 1.55 bits per heavy atom. The van der Waals surface area contributed by atoms with Gasteiger partial charge in [0.1, 0.15) is 0 Å². The number of aliphatic hydroxyl groups excluding tert-OH is 1. The summed E-state index contributed by atoms with van der Waals surface area (Å²) in [7, 11) is 0. The zero-order chi connectivity index (χ0) is 15.1. The number of hydrogen-bond acceptors (Lipinski definition) is 2. The van der Waals surface area contributed by atoms with Gasteiger partial charge in [0, 0.05) is 6.54 Å². The Morgan fingerprint density at radius 1 is 0.750 bits per heavy atom. The van der Waals surface area contributed by atoms with Gasteiger partial charge in [0.15, 0.2) is 0 Å². The van der Waals surface area contributed by atoms with Crippen molar-refractivity contribution in [3.05, 3.63) is 0 Å². The summed E-state index contributed by atoms with van der Waals surface area (Å²) in [4.78, 5) is 0. The van der Waals surface area contributed by atoms with Gasteiger partial charge in [-0.25, -0.2) is 0 Å². The highest BCUT2D eigenvalue weighted by molar-refractivity contribution is 4.64. The summed E-state index contributed by atoms with van der Waals surface area (Å²) in [6.45, 7) is 4.78. The fourth-order valence-corrected chi connectivity index (χ4v) is 2.73. The lowest BCUT2D eigenvalue weighted by atomic mass is 9.96. The molecule has 0 bridgehead atoms. The molecular formula is C18H39NO. The van der Waals surface area contributed by atoms with E-state index in [0.717, 1.165) is 6.42 Å². The van der Waals surface area contributed by atoms with Gasteiger partial charge in [0.2, 0.25) is 0 Å². The predicted molar refractivity (Wildman–Crippen MR) is 89.9 cm³/mol. The second-order valence-electron chi connectivity index (χ2n) is 6.46. The van der Waals surface area contributed by atoms with Crippen LogP contribution in [0.1, 0.15) is 97.3 Å². The van der Waals surface area contributed by atoms with Crippen LogP contribution in [0.4, 0.5) is 0 Å². The topological polar surface area (TPSA) is 46.2 Å². The van der Waals surface area contributed by atoms with Crippen LogP contribution >= 0.6 is 0 Å². The highest BCUT2D eigenvalue weighted by Gasteiger charge is 2.11. The SMILES string of the molecule is CCCCCCCCCCCCCCC(C)C(O)CN. The third kappa shape index (κ3) is 12.9. The normalized spacial score (nSPS) is 14.4. The minimum atomic E-state index is -0.303. The predicted octanol–water partition coefficient (Wildman–Crippen LogP) is 5.03. The van der Waals surface area contributed by atoms with Crippen LogP contribution in [-0.2, 0) is 0 Å². The van der Waals surface area contributed by atoms with E-state index in [4.69, 9.17) is 5.73 Å². The average molecular weight is 286 g/mol. The number of rotatable bonds is 15. The average Bonchev–Trinajstić information content (AvgIpc) is 2.47. The van der Waals surface area contributed by atoms with Gasteiger partial charge in [-0.1, -0.05) is 90.9 Å². The van der Waals surface area contributed by atoms with Crippen LogP contribution in [0.3, 0.4) is 0 Å². The molecule has 2 unspecified atom stereocenters. The van der Waals surface area contributed by atoms with E-state index in [9.17, 15) is 5.11 Å². The molecule has 0 amide bonds. The van der Waals surface area contributed by atoms with Crippen molar-refractivity contribution in [2.45, 2.75) is 103 Å². The summed E-state index contributed by atoms with van der Waals surface area (Å²) in [6, 6.07) is 0. The molecule has 2 nitrogen and oxygen atoms in total. The third-order valence-electron chi connectivity index (χ3n) is 4.41. The number of aliphatic hydroxyl groups is 1. The second-order valence-corrected chi connectivity index (χ2v) is 6.46. The van der Waals surface area contributed by atoms with Crippen LogP contribution < -0.4 is 5.73 Å². The highest BCUT2D eigenvalue weighted by atomic mass is 16.3. The van der Waals surface area contributed by atoms with Crippen LogP contribution in [-0.4, -0.2) is 17.8 Å². The van der Waals surface area contributed by atoms with Crippen LogP contribution in [0.15, 0.2) is 0 Å². The lowest BCUT2D eigenvalue weighted by Crippen LogP contribution is -2.26. The van der Waals surface area contributed by atoms with Crippen LogP contribution in [0.25, 0.3) is 0 Å². The summed E-state index contributed by atoms with van der Waals surface area (Å²) in [5.74, 6) is 0.364. The lowest BCUT2D eigenvalue weighted by Gasteiger charge is -2.16. The maximum Gasteiger partial charge on any atom is 0.0687 e. The fourth-order valence-electron chi connectivity index (χ4n) is 2.73. The van der Waals surface area contributed by atoms with E-state index in [2.05, 4.69) is 13.8 Å². The van der Waals surface area contributed by atoms with Gasteiger partial charge in [-0.2, -0.15) is 0 Å². The molecule has 20 heavy (non-hydrogen) atoms. The van der Waals surface area contributed by atoms with E-state index in [1.165, 1.54) is 77.0 Å². The van der Waals surface area contributed by atoms with Gasteiger partial charge in [-0.3, -0.25) is 0 Å². The Balaban J connectivity index is 3.10. The van der Waals surface area contributed by atoms with Gasteiger partial charge in [0.05, 0.1) is 6.10 Å². The number of hydrogen-bond donors (Lipinski definition) is 2. The number of nitrogens with two attached hydrogens (primary N) is 1. The summed E-state index contributed by atoms with van der Waals surface area (Å²) in [6.07, 6.45) is 17.5. The van der Waals surface area contributed by atoms with Gasteiger partial charge in [-0.15, -0.1) is 0 Å². The van der Waals surface area contributed by atoms with E-state index >= 15 is 0 Å². The largest absolute Gasteiger partial charge is 0.392 e. The maximum absolute atomic E-state index is 9.58. The summed E-state index contributed by atoms with van der Waals surface area (Å²) >= 11 is 0. The van der Waals surface area contributed by atoms with E-state index in [1.807, 2.05) is 0 Å². The Morgan fingerprint density at radius 2 is 1.15 bits per heavy atom. The molecule has 0 heterocycles. The second kappa shape index (κ2) is 15.3.